The van der Waals surface area contributed by atoms with E-state index in [0.29, 0.717) is 0 Å². The molecule has 0 aromatic heterocycles. The van der Waals surface area contributed by atoms with Gasteiger partial charge >= 0.3 is 0 Å². The molecule has 35 heavy (non-hydrogen) atoms. The molecule has 7 aromatic rings. The Morgan fingerprint density at radius 1 is 0.371 bits per heavy atom. The van der Waals surface area contributed by atoms with Crippen LogP contribution in [0.2, 0.25) is 0 Å². The van der Waals surface area contributed by atoms with Crippen LogP contribution in [0.1, 0.15) is 0 Å². The molecular formula is C34H23N. The molecule has 1 N–H and O–H groups in total. The first kappa shape index (κ1) is 19.8. The molecule has 0 aliphatic rings. The smallest absolute Gasteiger partial charge is 0.0470 e. The summed E-state index contributed by atoms with van der Waals surface area (Å²) >= 11 is 0. The third kappa shape index (κ3) is 3.33. The predicted molar refractivity (Wildman–Crippen MR) is 152 cm³/mol. The van der Waals surface area contributed by atoms with Gasteiger partial charge in [-0.15, -0.1) is 0 Å². The summed E-state index contributed by atoms with van der Waals surface area (Å²) in [5, 5.41) is 13.9. The van der Waals surface area contributed by atoms with E-state index in [1.165, 1.54) is 54.2 Å². The van der Waals surface area contributed by atoms with Gasteiger partial charge in [0.15, 0.2) is 0 Å². The van der Waals surface area contributed by atoms with Gasteiger partial charge in [-0.2, -0.15) is 0 Å². The lowest BCUT2D eigenvalue weighted by atomic mass is 9.93. The minimum atomic E-state index is 1.08. The van der Waals surface area contributed by atoms with E-state index < -0.39 is 0 Å². The van der Waals surface area contributed by atoms with E-state index in [2.05, 4.69) is 139 Å². The second-order valence-corrected chi connectivity index (χ2v) is 9.08. The van der Waals surface area contributed by atoms with Crippen molar-refractivity contribution < 1.29 is 0 Å². The standard InChI is InChI=1S/C34H23N/c1-3-11-27-24(9-1)21-33(31-15-6-5-13-29(27)31)23-17-19-26(20-18-23)35-34-22-25-10-2-4-12-28(25)30-14-7-8-16-32(30)34/h1-22,35H. The minimum absolute atomic E-state index is 1.08. The van der Waals surface area contributed by atoms with Crippen molar-refractivity contribution in [1.29, 1.82) is 0 Å². The first-order chi connectivity index (χ1) is 17.3. The molecule has 0 saturated heterocycles. The summed E-state index contributed by atoms with van der Waals surface area (Å²) in [6.07, 6.45) is 0. The Balaban J connectivity index is 1.32. The second-order valence-electron chi connectivity index (χ2n) is 9.08. The highest BCUT2D eigenvalue weighted by atomic mass is 14.9. The summed E-state index contributed by atoms with van der Waals surface area (Å²) in [6.45, 7) is 0. The van der Waals surface area contributed by atoms with Gasteiger partial charge < -0.3 is 5.32 Å². The van der Waals surface area contributed by atoms with Crippen molar-refractivity contribution >= 4 is 54.5 Å². The van der Waals surface area contributed by atoms with E-state index in [1.54, 1.807) is 0 Å². The van der Waals surface area contributed by atoms with Crippen molar-refractivity contribution in [1.82, 2.24) is 0 Å². The first-order valence-electron chi connectivity index (χ1n) is 12.0. The lowest BCUT2D eigenvalue weighted by Gasteiger charge is -2.14. The Bertz CT molecular complexity index is 1860. The molecule has 1 nitrogen and oxygen atoms in total. The summed E-state index contributed by atoms with van der Waals surface area (Å²) in [7, 11) is 0. The molecule has 0 aliphatic heterocycles. The van der Waals surface area contributed by atoms with E-state index >= 15 is 0 Å². The third-order valence-electron chi connectivity index (χ3n) is 7.01. The molecule has 164 valence electrons. The number of hydrogen-bond acceptors (Lipinski definition) is 1. The molecule has 0 heterocycles. The zero-order chi connectivity index (χ0) is 23.2. The number of benzene rings is 7. The summed E-state index contributed by atoms with van der Waals surface area (Å²) in [5.41, 5.74) is 4.70. The van der Waals surface area contributed by atoms with Gasteiger partial charge in [0.2, 0.25) is 0 Å². The maximum Gasteiger partial charge on any atom is 0.0470 e. The van der Waals surface area contributed by atoms with Crippen LogP contribution in [-0.2, 0) is 0 Å². The molecule has 0 fully saturated rings. The molecule has 0 spiro atoms. The zero-order valence-electron chi connectivity index (χ0n) is 19.2. The molecule has 0 saturated carbocycles. The summed E-state index contributed by atoms with van der Waals surface area (Å²) in [6, 6.07) is 47.9. The summed E-state index contributed by atoms with van der Waals surface area (Å²) < 4.78 is 0. The number of anilines is 2. The van der Waals surface area contributed by atoms with Crippen molar-refractivity contribution in [2.24, 2.45) is 0 Å². The Morgan fingerprint density at radius 3 is 1.51 bits per heavy atom. The van der Waals surface area contributed by atoms with Gasteiger partial charge in [-0.25, -0.2) is 0 Å². The van der Waals surface area contributed by atoms with Crippen LogP contribution in [0.4, 0.5) is 11.4 Å². The van der Waals surface area contributed by atoms with Crippen molar-refractivity contribution in [3.05, 3.63) is 133 Å². The van der Waals surface area contributed by atoms with Crippen LogP contribution in [0.25, 0.3) is 54.2 Å². The van der Waals surface area contributed by atoms with Gasteiger partial charge in [0.1, 0.15) is 0 Å². The molecule has 7 aromatic carbocycles. The third-order valence-corrected chi connectivity index (χ3v) is 7.01. The highest BCUT2D eigenvalue weighted by Crippen LogP contribution is 2.37. The van der Waals surface area contributed by atoms with Gasteiger partial charge in [0.25, 0.3) is 0 Å². The summed E-state index contributed by atoms with van der Waals surface area (Å²) in [5.74, 6) is 0. The Hall–Kier alpha value is -4.62. The molecule has 0 radical (unpaired) electrons. The average molecular weight is 446 g/mol. The van der Waals surface area contributed by atoms with Crippen LogP contribution in [0, 0.1) is 0 Å². The maximum atomic E-state index is 3.68. The van der Waals surface area contributed by atoms with E-state index in [0.717, 1.165) is 11.4 Å². The topological polar surface area (TPSA) is 12.0 Å². The number of nitrogens with one attached hydrogen (secondary N) is 1. The van der Waals surface area contributed by atoms with Crippen molar-refractivity contribution in [3.63, 3.8) is 0 Å². The van der Waals surface area contributed by atoms with Gasteiger partial charge in [-0.05, 0) is 73.1 Å². The molecular weight excluding hydrogens is 422 g/mol. The van der Waals surface area contributed by atoms with Crippen LogP contribution in [-0.4, -0.2) is 0 Å². The van der Waals surface area contributed by atoms with Crippen molar-refractivity contribution in [2.45, 2.75) is 0 Å². The van der Waals surface area contributed by atoms with Gasteiger partial charge in [0, 0.05) is 16.8 Å². The Kier molecular flexibility index (Phi) is 4.53. The average Bonchev–Trinajstić information content (AvgIpc) is 2.93. The Morgan fingerprint density at radius 2 is 0.857 bits per heavy atom. The molecule has 0 atom stereocenters. The Labute approximate surface area is 204 Å². The van der Waals surface area contributed by atoms with E-state index in [4.69, 9.17) is 0 Å². The largest absolute Gasteiger partial charge is 0.355 e. The SMILES string of the molecule is c1ccc2c(c1)cc(Nc1ccc(-c3cc4ccccc4c4ccccc34)cc1)c1ccccc12. The highest BCUT2D eigenvalue weighted by molar-refractivity contribution is 6.14. The van der Waals surface area contributed by atoms with Crippen LogP contribution >= 0.6 is 0 Å². The second kappa shape index (κ2) is 8.00. The maximum absolute atomic E-state index is 3.68. The predicted octanol–water partition coefficient (Wildman–Crippen LogP) is 9.71. The van der Waals surface area contributed by atoms with Crippen LogP contribution < -0.4 is 5.32 Å². The lowest BCUT2D eigenvalue weighted by Crippen LogP contribution is -1.93. The van der Waals surface area contributed by atoms with Crippen molar-refractivity contribution in [2.75, 3.05) is 5.32 Å². The fourth-order valence-electron chi connectivity index (χ4n) is 5.34. The zero-order valence-corrected chi connectivity index (χ0v) is 19.2. The lowest BCUT2D eigenvalue weighted by molar-refractivity contribution is 1.58. The quantitative estimate of drug-likeness (QED) is 0.267. The van der Waals surface area contributed by atoms with Crippen LogP contribution in [0.3, 0.4) is 0 Å². The molecule has 0 aliphatic carbocycles. The number of rotatable bonds is 3. The molecule has 1 heteroatoms. The van der Waals surface area contributed by atoms with Gasteiger partial charge in [0.05, 0.1) is 0 Å². The van der Waals surface area contributed by atoms with E-state index in [9.17, 15) is 0 Å². The molecule has 0 amide bonds. The van der Waals surface area contributed by atoms with E-state index in [-0.39, 0.29) is 0 Å². The normalized spacial score (nSPS) is 11.4. The van der Waals surface area contributed by atoms with Crippen molar-refractivity contribution in [3.8, 4) is 11.1 Å². The van der Waals surface area contributed by atoms with Crippen LogP contribution in [0.15, 0.2) is 133 Å². The molecule has 0 unspecified atom stereocenters. The van der Waals surface area contributed by atoms with E-state index in [1.807, 2.05) is 0 Å². The minimum Gasteiger partial charge on any atom is -0.355 e. The fraction of sp³-hybridized carbons (Fsp3) is 0. The van der Waals surface area contributed by atoms with Crippen LogP contribution in [0.5, 0.6) is 0 Å². The monoisotopic (exact) mass is 445 g/mol. The summed E-state index contributed by atoms with van der Waals surface area (Å²) in [4.78, 5) is 0. The van der Waals surface area contributed by atoms with Gasteiger partial charge in [-0.1, -0.05) is 109 Å². The number of fused-ring (bicyclic) bond motifs is 6. The number of hydrogen-bond donors (Lipinski definition) is 1. The molecule has 0 bridgehead atoms. The fourth-order valence-corrected chi connectivity index (χ4v) is 5.34. The van der Waals surface area contributed by atoms with Gasteiger partial charge in [-0.3, -0.25) is 0 Å². The highest BCUT2D eigenvalue weighted by Gasteiger charge is 2.10. The molecule has 7 rings (SSSR count). The first-order valence-corrected chi connectivity index (χ1v) is 12.0.